The second-order valence-corrected chi connectivity index (χ2v) is 5.91. The largest absolute Gasteiger partial charge is 0.497 e. The minimum Gasteiger partial charge on any atom is -0.497 e. The van der Waals surface area contributed by atoms with Gasteiger partial charge >= 0.3 is 5.97 Å². The van der Waals surface area contributed by atoms with Crippen LogP contribution < -0.4 is 10.1 Å². The van der Waals surface area contributed by atoms with Gasteiger partial charge in [0.1, 0.15) is 5.75 Å². The van der Waals surface area contributed by atoms with Crippen LogP contribution in [0.3, 0.4) is 0 Å². The number of ether oxygens (including phenoxy) is 1. The number of hydrogen-bond donors (Lipinski definition) is 2. The standard InChI is InChI=1S/C17H25NO4/c1-11(2)8-14(17(20)21)10-18-16(19)12(3)13-6-5-7-15(9-13)22-4/h5-7,9,11-12,14H,8,10H2,1-4H3,(H,18,19)(H,20,21). The normalized spacial score (nSPS) is 13.5. The Labute approximate surface area is 131 Å². The Kier molecular flexibility index (Phi) is 6.89. The quantitative estimate of drug-likeness (QED) is 0.774. The van der Waals surface area contributed by atoms with E-state index >= 15 is 0 Å². The van der Waals surface area contributed by atoms with Gasteiger partial charge in [-0.05, 0) is 37.0 Å². The van der Waals surface area contributed by atoms with E-state index in [-0.39, 0.29) is 24.3 Å². The summed E-state index contributed by atoms with van der Waals surface area (Å²) in [6.07, 6.45) is 0.545. The zero-order chi connectivity index (χ0) is 16.7. The molecule has 0 bridgehead atoms. The van der Waals surface area contributed by atoms with E-state index < -0.39 is 11.9 Å². The summed E-state index contributed by atoms with van der Waals surface area (Å²) in [6.45, 7) is 5.89. The van der Waals surface area contributed by atoms with Crippen LogP contribution in [0.15, 0.2) is 24.3 Å². The zero-order valence-electron chi connectivity index (χ0n) is 13.6. The molecule has 0 aromatic heterocycles. The third kappa shape index (κ3) is 5.39. The van der Waals surface area contributed by atoms with E-state index in [1.807, 2.05) is 38.1 Å². The summed E-state index contributed by atoms with van der Waals surface area (Å²) in [7, 11) is 1.58. The average Bonchev–Trinajstić information content (AvgIpc) is 2.49. The molecule has 0 heterocycles. The van der Waals surface area contributed by atoms with Gasteiger partial charge in [-0.3, -0.25) is 9.59 Å². The van der Waals surface area contributed by atoms with Crippen molar-refractivity contribution in [3.05, 3.63) is 29.8 Å². The molecule has 0 saturated heterocycles. The molecule has 0 aliphatic rings. The number of rotatable bonds is 8. The van der Waals surface area contributed by atoms with Crippen LogP contribution in [0.25, 0.3) is 0 Å². The molecular formula is C17H25NO4. The van der Waals surface area contributed by atoms with Crippen LogP contribution in [-0.4, -0.2) is 30.6 Å². The number of nitrogens with one attached hydrogen (secondary N) is 1. The van der Waals surface area contributed by atoms with E-state index in [1.54, 1.807) is 14.0 Å². The Balaban J connectivity index is 2.64. The third-order valence-electron chi connectivity index (χ3n) is 3.61. The molecule has 0 aliphatic carbocycles. The molecule has 1 rings (SSSR count). The van der Waals surface area contributed by atoms with E-state index in [0.29, 0.717) is 12.2 Å². The number of hydrogen-bond acceptors (Lipinski definition) is 3. The summed E-state index contributed by atoms with van der Waals surface area (Å²) in [5.74, 6) is -0.995. The van der Waals surface area contributed by atoms with Crippen molar-refractivity contribution in [1.82, 2.24) is 5.32 Å². The molecule has 2 atom stereocenters. The summed E-state index contributed by atoms with van der Waals surface area (Å²) in [4.78, 5) is 23.4. The molecule has 0 aliphatic heterocycles. The molecule has 0 radical (unpaired) electrons. The highest BCUT2D eigenvalue weighted by Gasteiger charge is 2.22. The smallest absolute Gasteiger partial charge is 0.308 e. The Morgan fingerprint density at radius 3 is 2.50 bits per heavy atom. The van der Waals surface area contributed by atoms with E-state index in [1.165, 1.54) is 0 Å². The Hall–Kier alpha value is -2.04. The van der Waals surface area contributed by atoms with Crippen molar-refractivity contribution in [3.63, 3.8) is 0 Å². The van der Waals surface area contributed by atoms with Crippen LogP contribution in [0.5, 0.6) is 5.75 Å². The highest BCUT2D eigenvalue weighted by molar-refractivity contribution is 5.83. The molecule has 5 heteroatoms. The fourth-order valence-electron chi connectivity index (χ4n) is 2.28. The molecule has 1 amide bonds. The van der Waals surface area contributed by atoms with Crippen LogP contribution in [-0.2, 0) is 9.59 Å². The lowest BCUT2D eigenvalue weighted by molar-refractivity contribution is -0.142. The van der Waals surface area contributed by atoms with Gasteiger partial charge in [-0.1, -0.05) is 26.0 Å². The number of amides is 1. The number of carboxylic acid groups (broad SMARTS) is 1. The topological polar surface area (TPSA) is 75.6 Å². The van der Waals surface area contributed by atoms with Crippen LogP contribution in [0.2, 0.25) is 0 Å². The summed E-state index contributed by atoms with van der Waals surface area (Å²) in [6, 6.07) is 7.32. The van der Waals surface area contributed by atoms with Gasteiger partial charge in [-0.2, -0.15) is 0 Å². The molecule has 22 heavy (non-hydrogen) atoms. The van der Waals surface area contributed by atoms with Crippen molar-refractivity contribution in [1.29, 1.82) is 0 Å². The second kappa shape index (κ2) is 8.41. The summed E-state index contributed by atoms with van der Waals surface area (Å²) in [5.41, 5.74) is 0.840. The van der Waals surface area contributed by atoms with Crippen molar-refractivity contribution in [2.24, 2.45) is 11.8 Å². The molecule has 0 saturated carbocycles. The third-order valence-corrected chi connectivity index (χ3v) is 3.61. The summed E-state index contributed by atoms with van der Waals surface area (Å²) >= 11 is 0. The fourth-order valence-corrected chi connectivity index (χ4v) is 2.28. The lowest BCUT2D eigenvalue weighted by atomic mass is 9.96. The van der Waals surface area contributed by atoms with Gasteiger partial charge in [0.25, 0.3) is 0 Å². The maximum absolute atomic E-state index is 12.2. The van der Waals surface area contributed by atoms with E-state index in [0.717, 1.165) is 5.56 Å². The molecule has 2 unspecified atom stereocenters. The number of benzene rings is 1. The number of carboxylic acids is 1. The summed E-state index contributed by atoms with van der Waals surface area (Å²) in [5, 5.41) is 11.9. The first-order chi connectivity index (χ1) is 10.3. The molecule has 1 aromatic carbocycles. The molecule has 122 valence electrons. The minimum atomic E-state index is -0.872. The maximum Gasteiger partial charge on any atom is 0.308 e. The number of carbonyl (C=O) groups is 2. The summed E-state index contributed by atoms with van der Waals surface area (Å²) < 4.78 is 5.15. The first-order valence-electron chi connectivity index (χ1n) is 7.49. The lowest BCUT2D eigenvalue weighted by Gasteiger charge is -2.18. The van der Waals surface area contributed by atoms with Crippen LogP contribution in [0.1, 0.15) is 38.7 Å². The molecule has 1 aromatic rings. The number of methoxy groups -OCH3 is 1. The van der Waals surface area contributed by atoms with Gasteiger partial charge in [0, 0.05) is 6.54 Å². The molecular weight excluding hydrogens is 282 g/mol. The van der Waals surface area contributed by atoms with Crippen LogP contribution in [0.4, 0.5) is 0 Å². The highest BCUT2D eigenvalue weighted by atomic mass is 16.5. The van der Waals surface area contributed by atoms with Crippen LogP contribution >= 0.6 is 0 Å². The first kappa shape index (κ1) is 18.0. The molecule has 0 spiro atoms. The van der Waals surface area contributed by atoms with E-state index in [2.05, 4.69) is 5.32 Å². The maximum atomic E-state index is 12.2. The molecule has 2 N–H and O–H groups in total. The predicted octanol–water partition coefficient (Wildman–Crippen LogP) is 2.66. The Morgan fingerprint density at radius 2 is 1.95 bits per heavy atom. The van der Waals surface area contributed by atoms with Crippen molar-refractivity contribution < 1.29 is 19.4 Å². The van der Waals surface area contributed by atoms with Crippen molar-refractivity contribution >= 4 is 11.9 Å². The predicted molar refractivity (Wildman–Crippen MR) is 85.0 cm³/mol. The first-order valence-corrected chi connectivity index (χ1v) is 7.49. The average molecular weight is 307 g/mol. The highest BCUT2D eigenvalue weighted by Crippen LogP contribution is 2.21. The fraction of sp³-hybridized carbons (Fsp3) is 0.529. The molecule has 5 nitrogen and oxygen atoms in total. The van der Waals surface area contributed by atoms with Crippen molar-refractivity contribution in [2.75, 3.05) is 13.7 Å². The van der Waals surface area contributed by atoms with Crippen molar-refractivity contribution in [2.45, 2.75) is 33.1 Å². The van der Waals surface area contributed by atoms with E-state index in [9.17, 15) is 14.7 Å². The zero-order valence-corrected chi connectivity index (χ0v) is 13.6. The Bertz CT molecular complexity index is 513. The van der Waals surface area contributed by atoms with E-state index in [4.69, 9.17) is 4.74 Å². The van der Waals surface area contributed by atoms with Gasteiger partial charge in [0.05, 0.1) is 18.9 Å². The number of aliphatic carboxylic acids is 1. The van der Waals surface area contributed by atoms with Crippen LogP contribution in [0, 0.1) is 11.8 Å². The monoisotopic (exact) mass is 307 g/mol. The van der Waals surface area contributed by atoms with Gasteiger partial charge in [0.15, 0.2) is 0 Å². The van der Waals surface area contributed by atoms with Gasteiger partial charge in [-0.25, -0.2) is 0 Å². The second-order valence-electron chi connectivity index (χ2n) is 5.91. The van der Waals surface area contributed by atoms with Crippen molar-refractivity contribution in [3.8, 4) is 5.75 Å². The SMILES string of the molecule is COc1cccc(C(C)C(=O)NCC(CC(C)C)C(=O)O)c1. The van der Waals surface area contributed by atoms with Gasteiger partial charge < -0.3 is 15.2 Å². The Morgan fingerprint density at radius 1 is 1.27 bits per heavy atom. The lowest BCUT2D eigenvalue weighted by Crippen LogP contribution is -2.35. The number of carbonyl (C=O) groups excluding carboxylic acids is 1. The molecule has 0 fully saturated rings. The minimum absolute atomic E-state index is 0.153. The van der Waals surface area contributed by atoms with Gasteiger partial charge in [-0.15, -0.1) is 0 Å². The van der Waals surface area contributed by atoms with Gasteiger partial charge in [0.2, 0.25) is 5.91 Å².